The molecular formula is C26H23FN8O2. The Balaban J connectivity index is 1.46. The van der Waals surface area contributed by atoms with Gasteiger partial charge in [-0.05, 0) is 47.9 Å². The van der Waals surface area contributed by atoms with E-state index in [9.17, 15) is 9.90 Å². The predicted molar refractivity (Wildman–Crippen MR) is 137 cm³/mol. The molecule has 0 aliphatic heterocycles. The van der Waals surface area contributed by atoms with E-state index in [0.29, 0.717) is 33.8 Å². The Morgan fingerprint density at radius 1 is 1.22 bits per heavy atom. The van der Waals surface area contributed by atoms with Gasteiger partial charge in [0, 0.05) is 42.8 Å². The van der Waals surface area contributed by atoms with Crippen molar-refractivity contribution in [3.63, 3.8) is 0 Å². The quantitative estimate of drug-likeness (QED) is 0.324. The van der Waals surface area contributed by atoms with E-state index in [1.807, 2.05) is 6.07 Å². The van der Waals surface area contributed by atoms with Crippen molar-refractivity contribution in [1.82, 2.24) is 29.3 Å². The number of fused-ring (bicyclic) bond motifs is 1. The minimum Gasteiger partial charge on any atom is -0.392 e. The number of nitrogens with zero attached hydrogens (tertiary/aromatic N) is 6. The van der Waals surface area contributed by atoms with Crippen molar-refractivity contribution in [2.24, 2.45) is 7.05 Å². The van der Waals surface area contributed by atoms with Crippen molar-refractivity contribution in [2.75, 3.05) is 11.1 Å². The van der Waals surface area contributed by atoms with Gasteiger partial charge in [-0.15, -0.1) is 0 Å². The summed E-state index contributed by atoms with van der Waals surface area (Å²) in [6.45, 7) is -0.443. The van der Waals surface area contributed by atoms with Gasteiger partial charge in [-0.2, -0.15) is 10.1 Å². The highest BCUT2D eigenvalue weighted by atomic mass is 19.1. The van der Waals surface area contributed by atoms with E-state index in [-0.39, 0.29) is 23.0 Å². The summed E-state index contributed by atoms with van der Waals surface area (Å²) in [5.41, 5.74) is 8.34. The van der Waals surface area contributed by atoms with Crippen molar-refractivity contribution in [3.05, 3.63) is 82.4 Å². The Hall–Kier alpha value is -4.64. The molecule has 6 rings (SSSR count). The van der Waals surface area contributed by atoms with Crippen LogP contribution in [0.15, 0.2) is 59.9 Å². The number of halogens is 1. The van der Waals surface area contributed by atoms with E-state index in [2.05, 4.69) is 25.4 Å². The molecule has 0 amide bonds. The van der Waals surface area contributed by atoms with E-state index in [0.717, 1.165) is 18.4 Å². The molecule has 1 saturated carbocycles. The standard InChI is InChI=1S/C26H23FN8O2/c1-34-12-17(11-30-34)31-26-32-21(10-22(28)33-26)18-4-6-29-24(19(18)13-36)35-7-5-15-8-16(14-2-3-14)9-20(27)23(15)25(35)37/h4-12,14,36H,2-3,13H2,1H3,(H3,28,31,32,33). The molecular weight excluding hydrogens is 475 g/mol. The fourth-order valence-electron chi connectivity index (χ4n) is 4.53. The maximum absolute atomic E-state index is 15.1. The highest BCUT2D eigenvalue weighted by Gasteiger charge is 2.25. The molecule has 0 unspecified atom stereocenters. The van der Waals surface area contributed by atoms with Gasteiger partial charge in [-0.25, -0.2) is 14.4 Å². The summed E-state index contributed by atoms with van der Waals surface area (Å²) < 4.78 is 17.9. The van der Waals surface area contributed by atoms with E-state index in [1.54, 1.807) is 48.5 Å². The van der Waals surface area contributed by atoms with Gasteiger partial charge in [0.1, 0.15) is 17.5 Å². The van der Waals surface area contributed by atoms with E-state index >= 15 is 4.39 Å². The number of pyridine rings is 2. The van der Waals surface area contributed by atoms with Crippen LogP contribution >= 0.6 is 0 Å². The fourth-order valence-corrected chi connectivity index (χ4v) is 4.53. The van der Waals surface area contributed by atoms with Gasteiger partial charge in [-0.1, -0.05) is 6.07 Å². The van der Waals surface area contributed by atoms with Crippen LogP contribution in [0.5, 0.6) is 0 Å². The van der Waals surface area contributed by atoms with Crippen LogP contribution in [-0.4, -0.2) is 34.4 Å². The molecule has 0 atom stereocenters. The molecule has 0 bridgehead atoms. The van der Waals surface area contributed by atoms with Crippen molar-refractivity contribution in [3.8, 4) is 17.1 Å². The third-order valence-corrected chi connectivity index (χ3v) is 6.43. The molecule has 4 N–H and O–H groups in total. The van der Waals surface area contributed by atoms with Gasteiger partial charge in [0.05, 0.1) is 29.6 Å². The lowest BCUT2D eigenvalue weighted by Crippen LogP contribution is -2.21. The van der Waals surface area contributed by atoms with Crippen molar-refractivity contribution in [2.45, 2.75) is 25.4 Å². The van der Waals surface area contributed by atoms with Crippen LogP contribution in [0.3, 0.4) is 0 Å². The Morgan fingerprint density at radius 3 is 2.78 bits per heavy atom. The first kappa shape index (κ1) is 22.8. The highest BCUT2D eigenvalue weighted by Crippen LogP contribution is 2.41. The molecule has 1 aliphatic carbocycles. The largest absolute Gasteiger partial charge is 0.392 e. The maximum atomic E-state index is 15.1. The van der Waals surface area contributed by atoms with Crippen LogP contribution in [0.2, 0.25) is 0 Å². The predicted octanol–water partition coefficient (Wildman–Crippen LogP) is 3.41. The number of aliphatic hydroxyl groups is 1. The number of hydrogen-bond donors (Lipinski definition) is 3. The second-order valence-corrected chi connectivity index (χ2v) is 9.08. The Labute approximate surface area is 210 Å². The number of aryl methyl sites for hydroxylation is 1. The zero-order chi connectivity index (χ0) is 25.7. The second kappa shape index (κ2) is 8.79. The summed E-state index contributed by atoms with van der Waals surface area (Å²) in [5, 5.41) is 18.0. The summed E-state index contributed by atoms with van der Waals surface area (Å²) >= 11 is 0. The third kappa shape index (κ3) is 4.19. The minimum absolute atomic E-state index is 0.0165. The molecule has 186 valence electrons. The first-order valence-electron chi connectivity index (χ1n) is 11.8. The SMILES string of the molecule is Cn1cc(Nc2nc(N)cc(-c3ccnc(-n4ccc5cc(C6CC6)cc(F)c5c4=O)c3CO)n2)cn1. The monoisotopic (exact) mass is 498 g/mol. The van der Waals surface area contributed by atoms with Crippen molar-refractivity contribution < 1.29 is 9.50 Å². The van der Waals surface area contributed by atoms with Gasteiger partial charge < -0.3 is 16.2 Å². The van der Waals surface area contributed by atoms with Gasteiger partial charge >= 0.3 is 0 Å². The summed E-state index contributed by atoms with van der Waals surface area (Å²) in [6.07, 6.45) is 8.50. The number of hydrogen-bond acceptors (Lipinski definition) is 8. The second-order valence-electron chi connectivity index (χ2n) is 9.08. The molecule has 5 aromatic rings. The number of benzene rings is 1. The summed E-state index contributed by atoms with van der Waals surface area (Å²) in [6, 6.07) is 8.25. The molecule has 10 nitrogen and oxygen atoms in total. The Bertz CT molecular complexity index is 1720. The number of rotatable bonds is 6. The molecule has 37 heavy (non-hydrogen) atoms. The average molecular weight is 499 g/mol. The first-order chi connectivity index (χ1) is 17.9. The van der Waals surface area contributed by atoms with Crippen molar-refractivity contribution >= 4 is 28.2 Å². The minimum atomic E-state index is -0.560. The van der Waals surface area contributed by atoms with Gasteiger partial charge in [0.25, 0.3) is 5.56 Å². The fraction of sp³-hybridized carbons (Fsp3) is 0.192. The average Bonchev–Trinajstić information content (AvgIpc) is 3.65. The smallest absolute Gasteiger partial charge is 0.267 e. The number of nitrogen functional groups attached to an aromatic ring is 1. The van der Waals surface area contributed by atoms with E-state index in [1.165, 1.54) is 16.8 Å². The lowest BCUT2D eigenvalue weighted by molar-refractivity contribution is 0.281. The number of aromatic nitrogens is 6. The van der Waals surface area contributed by atoms with Crippen molar-refractivity contribution in [1.29, 1.82) is 0 Å². The Kier molecular flexibility index (Phi) is 5.41. The zero-order valence-electron chi connectivity index (χ0n) is 19.9. The molecule has 11 heteroatoms. The normalized spacial score (nSPS) is 13.3. The molecule has 0 saturated heterocycles. The molecule has 1 aromatic carbocycles. The molecule has 1 aliphatic rings. The van der Waals surface area contributed by atoms with Gasteiger partial charge in [0.15, 0.2) is 0 Å². The molecule has 0 radical (unpaired) electrons. The van der Waals surface area contributed by atoms with Gasteiger partial charge in [-0.3, -0.25) is 14.0 Å². The molecule has 4 heterocycles. The van der Waals surface area contributed by atoms with Crippen LogP contribution < -0.4 is 16.6 Å². The van der Waals surface area contributed by atoms with Crippen LogP contribution in [0.25, 0.3) is 27.8 Å². The number of anilines is 3. The van der Waals surface area contributed by atoms with E-state index < -0.39 is 18.0 Å². The third-order valence-electron chi connectivity index (χ3n) is 6.43. The summed E-state index contributed by atoms with van der Waals surface area (Å²) in [4.78, 5) is 26.5. The number of aliphatic hydroxyl groups excluding tert-OH is 1. The number of nitrogens with two attached hydrogens (primary N) is 1. The van der Waals surface area contributed by atoms with Gasteiger partial charge in [0.2, 0.25) is 5.95 Å². The maximum Gasteiger partial charge on any atom is 0.267 e. The lowest BCUT2D eigenvalue weighted by atomic mass is 10.0. The van der Waals surface area contributed by atoms with Crippen LogP contribution in [0, 0.1) is 5.82 Å². The topological polar surface area (TPSA) is 137 Å². The molecule has 1 fully saturated rings. The van der Waals surface area contributed by atoms with Crippen LogP contribution in [0.4, 0.5) is 21.8 Å². The Morgan fingerprint density at radius 2 is 2.05 bits per heavy atom. The number of nitrogens with one attached hydrogen (secondary N) is 1. The zero-order valence-corrected chi connectivity index (χ0v) is 19.9. The van der Waals surface area contributed by atoms with E-state index in [4.69, 9.17) is 5.73 Å². The van der Waals surface area contributed by atoms with Crippen LogP contribution in [0.1, 0.15) is 29.9 Å². The first-order valence-corrected chi connectivity index (χ1v) is 11.8. The van der Waals surface area contributed by atoms with Crippen LogP contribution in [-0.2, 0) is 13.7 Å². The molecule has 4 aromatic heterocycles. The summed E-state index contributed by atoms with van der Waals surface area (Å²) in [7, 11) is 1.79. The highest BCUT2D eigenvalue weighted by molar-refractivity contribution is 5.83. The lowest BCUT2D eigenvalue weighted by Gasteiger charge is -2.15. The molecule has 0 spiro atoms. The summed E-state index contributed by atoms with van der Waals surface area (Å²) in [5.74, 6) is 0.418.